The highest BCUT2D eigenvalue weighted by Gasteiger charge is 2.32. The van der Waals surface area contributed by atoms with Crippen LogP contribution in [0.2, 0.25) is 0 Å². The monoisotopic (exact) mass is 302 g/mol. The van der Waals surface area contributed by atoms with E-state index in [1.54, 1.807) is 21.0 Å². The first-order valence-electron chi connectivity index (χ1n) is 6.14. The predicted molar refractivity (Wildman–Crippen MR) is 76.5 cm³/mol. The number of halogens is 1. The maximum absolute atomic E-state index is 13.0. The van der Waals surface area contributed by atoms with Gasteiger partial charge in [-0.2, -0.15) is 0 Å². The first kappa shape index (κ1) is 16.4. The molecule has 0 unspecified atom stereocenters. The molecule has 7 heteroatoms. The third kappa shape index (κ3) is 3.69. The van der Waals surface area contributed by atoms with E-state index in [1.807, 2.05) is 0 Å². The molecular formula is C13H19FN2O3S. The van der Waals surface area contributed by atoms with E-state index in [2.05, 4.69) is 0 Å². The van der Waals surface area contributed by atoms with E-state index in [1.165, 1.54) is 29.2 Å². The molecule has 0 saturated carbocycles. The number of sulfonamides is 1. The Hall–Kier alpha value is -1.63. The standard InChI is InChI=1S/C13H19FN2O3S/c1-5-12(13(17)15(2)3)16(20(4,18)19)11-8-6-10(14)7-9-11/h6-9,12H,5H2,1-4H3/t12-/m1/s1. The minimum atomic E-state index is -3.66. The van der Waals surface area contributed by atoms with Crippen molar-refractivity contribution in [1.29, 1.82) is 0 Å². The van der Waals surface area contributed by atoms with Gasteiger partial charge in [0.25, 0.3) is 0 Å². The lowest BCUT2D eigenvalue weighted by molar-refractivity contribution is -0.129. The second kappa shape index (κ2) is 6.21. The molecule has 1 aromatic rings. The van der Waals surface area contributed by atoms with Crippen LogP contribution in [-0.4, -0.2) is 45.6 Å². The van der Waals surface area contributed by atoms with E-state index in [0.29, 0.717) is 6.42 Å². The van der Waals surface area contributed by atoms with Crippen LogP contribution in [0.1, 0.15) is 13.3 Å². The minimum absolute atomic E-state index is 0.274. The highest BCUT2D eigenvalue weighted by Crippen LogP contribution is 2.23. The average molecular weight is 302 g/mol. The van der Waals surface area contributed by atoms with Gasteiger partial charge in [0.2, 0.25) is 15.9 Å². The predicted octanol–water partition coefficient (Wildman–Crippen LogP) is 1.46. The van der Waals surface area contributed by atoms with Gasteiger partial charge < -0.3 is 4.90 Å². The van der Waals surface area contributed by atoms with Gasteiger partial charge in [-0.15, -0.1) is 0 Å². The van der Waals surface area contributed by atoms with Crippen LogP contribution in [0.25, 0.3) is 0 Å². The van der Waals surface area contributed by atoms with Crippen LogP contribution in [0.15, 0.2) is 24.3 Å². The van der Waals surface area contributed by atoms with Gasteiger partial charge in [-0.25, -0.2) is 12.8 Å². The molecule has 1 amide bonds. The number of amides is 1. The number of likely N-dealkylation sites (N-methyl/N-ethyl adjacent to an activating group) is 1. The number of nitrogens with zero attached hydrogens (tertiary/aromatic N) is 2. The molecular weight excluding hydrogens is 283 g/mol. The van der Waals surface area contributed by atoms with Gasteiger partial charge >= 0.3 is 0 Å². The fraction of sp³-hybridized carbons (Fsp3) is 0.462. The van der Waals surface area contributed by atoms with Crippen molar-refractivity contribution in [1.82, 2.24) is 4.90 Å². The van der Waals surface area contributed by atoms with Crippen LogP contribution in [-0.2, 0) is 14.8 Å². The molecule has 0 spiro atoms. The highest BCUT2D eigenvalue weighted by molar-refractivity contribution is 7.92. The number of benzene rings is 1. The molecule has 20 heavy (non-hydrogen) atoms. The van der Waals surface area contributed by atoms with Gasteiger partial charge in [-0.1, -0.05) is 6.92 Å². The van der Waals surface area contributed by atoms with Crippen LogP contribution >= 0.6 is 0 Å². The zero-order chi connectivity index (χ0) is 15.5. The van der Waals surface area contributed by atoms with Crippen LogP contribution in [0, 0.1) is 5.82 Å². The van der Waals surface area contributed by atoms with E-state index < -0.39 is 21.9 Å². The van der Waals surface area contributed by atoms with Crippen LogP contribution < -0.4 is 4.31 Å². The van der Waals surface area contributed by atoms with Crippen molar-refractivity contribution >= 4 is 21.6 Å². The van der Waals surface area contributed by atoms with Gasteiger partial charge in [0.1, 0.15) is 11.9 Å². The molecule has 1 rings (SSSR count). The molecule has 0 aromatic heterocycles. The average Bonchev–Trinajstić information content (AvgIpc) is 2.35. The third-order valence-electron chi connectivity index (χ3n) is 2.83. The maximum atomic E-state index is 13.0. The summed E-state index contributed by atoms with van der Waals surface area (Å²) in [5.74, 6) is -0.781. The Morgan fingerprint density at radius 1 is 1.25 bits per heavy atom. The maximum Gasteiger partial charge on any atom is 0.245 e. The molecule has 112 valence electrons. The van der Waals surface area contributed by atoms with Gasteiger partial charge in [0, 0.05) is 14.1 Å². The number of carbonyl (C=O) groups excluding carboxylic acids is 1. The molecule has 0 aliphatic carbocycles. The fourth-order valence-corrected chi connectivity index (χ4v) is 3.14. The van der Waals surface area contributed by atoms with E-state index in [-0.39, 0.29) is 11.6 Å². The lowest BCUT2D eigenvalue weighted by Crippen LogP contribution is -2.48. The largest absolute Gasteiger partial charge is 0.347 e. The number of anilines is 1. The molecule has 0 N–H and O–H groups in total. The summed E-state index contributed by atoms with van der Waals surface area (Å²) in [7, 11) is -0.526. The Bertz CT molecular complexity index is 570. The zero-order valence-corrected chi connectivity index (χ0v) is 12.8. The second-order valence-corrected chi connectivity index (χ2v) is 6.55. The van der Waals surface area contributed by atoms with Gasteiger partial charge in [-0.05, 0) is 30.7 Å². The second-order valence-electron chi connectivity index (χ2n) is 4.69. The molecule has 0 aliphatic heterocycles. The Balaban J connectivity index is 3.32. The van der Waals surface area contributed by atoms with E-state index >= 15 is 0 Å². The van der Waals surface area contributed by atoms with Gasteiger partial charge in [-0.3, -0.25) is 9.10 Å². The highest BCUT2D eigenvalue weighted by atomic mass is 32.2. The fourth-order valence-electron chi connectivity index (χ4n) is 1.93. The molecule has 5 nitrogen and oxygen atoms in total. The Labute approximate surface area is 119 Å². The smallest absolute Gasteiger partial charge is 0.245 e. The zero-order valence-electron chi connectivity index (χ0n) is 12.0. The summed E-state index contributed by atoms with van der Waals surface area (Å²) in [5, 5.41) is 0. The Morgan fingerprint density at radius 3 is 2.10 bits per heavy atom. The van der Waals surface area contributed by atoms with Crippen molar-refractivity contribution in [3.8, 4) is 0 Å². The van der Waals surface area contributed by atoms with Crippen LogP contribution in [0.3, 0.4) is 0 Å². The number of hydrogen-bond acceptors (Lipinski definition) is 3. The normalized spacial score (nSPS) is 12.8. The van der Waals surface area contributed by atoms with Crippen molar-refractivity contribution in [3.05, 3.63) is 30.1 Å². The molecule has 0 heterocycles. The van der Waals surface area contributed by atoms with Crippen molar-refractivity contribution in [2.75, 3.05) is 24.7 Å². The molecule has 0 bridgehead atoms. The molecule has 0 radical (unpaired) electrons. The number of rotatable bonds is 5. The summed E-state index contributed by atoms with van der Waals surface area (Å²) in [6.07, 6.45) is 1.35. The molecule has 0 saturated heterocycles. The molecule has 0 fully saturated rings. The van der Waals surface area contributed by atoms with E-state index in [0.717, 1.165) is 10.6 Å². The third-order valence-corrected chi connectivity index (χ3v) is 4.01. The lowest BCUT2D eigenvalue weighted by atomic mass is 10.2. The summed E-state index contributed by atoms with van der Waals surface area (Å²) >= 11 is 0. The summed E-state index contributed by atoms with van der Waals surface area (Å²) in [5.41, 5.74) is 0.274. The molecule has 1 atom stereocenters. The minimum Gasteiger partial charge on any atom is -0.347 e. The SMILES string of the molecule is CC[C@H](C(=O)N(C)C)N(c1ccc(F)cc1)S(C)(=O)=O. The van der Waals surface area contributed by atoms with Crippen LogP contribution in [0.5, 0.6) is 0 Å². The topological polar surface area (TPSA) is 57.7 Å². The quantitative estimate of drug-likeness (QED) is 0.827. The Kier molecular flexibility index (Phi) is 5.10. The van der Waals surface area contributed by atoms with E-state index in [9.17, 15) is 17.6 Å². The van der Waals surface area contributed by atoms with Crippen molar-refractivity contribution in [2.45, 2.75) is 19.4 Å². The number of hydrogen-bond donors (Lipinski definition) is 0. The van der Waals surface area contributed by atoms with Crippen molar-refractivity contribution < 1.29 is 17.6 Å². The summed E-state index contributed by atoms with van der Waals surface area (Å²) in [6, 6.07) is 4.19. The van der Waals surface area contributed by atoms with Crippen LogP contribution in [0.4, 0.5) is 10.1 Å². The summed E-state index contributed by atoms with van der Waals surface area (Å²) < 4.78 is 38.0. The van der Waals surface area contributed by atoms with Crippen molar-refractivity contribution in [2.24, 2.45) is 0 Å². The van der Waals surface area contributed by atoms with Gasteiger partial charge in [0.15, 0.2) is 0 Å². The van der Waals surface area contributed by atoms with Gasteiger partial charge in [0.05, 0.1) is 11.9 Å². The first-order chi connectivity index (χ1) is 9.18. The molecule has 1 aromatic carbocycles. The Morgan fingerprint density at radius 2 is 1.75 bits per heavy atom. The number of carbonyl (C=O) groups is 1. The first-order valence-corrected chi connectivity index (χ1v) is 7.99. The molecule has 0 aliphatic rings. The van der Waals surface area contributed by atoms with Crippen molar-refractivity contribution in [3.63, 3.8) is 0 Å². The summed E-state index contributed by atoms with van der Waals surface area (Å²) in [4.78, 5) is 13.5. The van der Waals surface area contributed by atoms with E-state index in [4.69, 9.17) is 0 Å². The summed E-state index contributed by atoms with van der Waals surface area (Å²) in [6.45, 7) is 1.73. The lowest BCUT2D eigenvalue weighted by Gasteiger charge is -2.31.